The molecule has 3 rings (SSSR count). The molecule has 0 spiro atoms. The zero-order valence-electron chi connectivity index (χ0n) is 14.9. The van der Waals surface area contributed by atoms with Crippen LogP contribution in [0.3, 0.4) is 0 Å². The molecule has 2 heterocycles. The highest BCUT2D eigenvalue weighted by atomic mass is 32.2. The Morgan fingerprint density at radius 1 is 1.33 bits per heavy atom. The first-order chi connectivity index (χ1) is 12.9. The van der Waals surface area contributed by atoms with E-state index in [9.17, 15) is 14.4 Å². The van der Waals surface area contributed by atoms with Crippen LogP contribution in [-0.4, -0.2) is 38.2 Å². The molecule has 0 aliphatic carbocycles. The van der Waals surface area contributed by atoms with Crippen molar-refractivity contribution in [2.24, 2.45) is 0 Å². The predicted octanol–water partition coefficient (Wildman–Crippen LogP) is 1.39. The zero-order chi connectivity index (χ0) is 19.6. The number of thioether (sulfide) groups is 1. The summed E-state index contributed by atoms with van der Waals surface area (Å²) in [4.78, 5) is 46.1. The number of aromatic nitrogens is 4. The van der Waals surface area contributed by atoms with Gasteiger partial charge < -0.3 is 15.5 Å². The van der Waals surface area contributed by atoms with Crippen LogP contribution in [0.25, 0.3) is 11.0 Å². The lowest BCUT2D eigenvalue weighted by atomic mass is 10.2. The number of anilines is 1. The van der Waals surface area contributed by atoms with Crippen LogP contribution in [0.5, 0.6) is 5.75 Å². The lowest BCUT2D eigenvalue weighted by Crippen LogP contribution is -2.36. The molecular formula is C17H19N5O4S. The summed E-state index contributed by atoms with van der Waals surface area (Å²) < 4.78 is 6.37. The second kappa shape index (κ2) is 7.70. The Balaban J connectivity index is 1.83. The first-order valence-electron chi connectivity index (χ1n) is 8.27. The van der Waals surface area contributed by atoms with Crippen LogP contribution in [-0.2, 0) is 6.54 Å². The Hall–Kier alpha value is -3.01. The number of nitrogens with zero attached hydrogens (tertiary/aromatic N) is 2. The Labute approximate surface area is 157 Å². The molecule has 142 valence electrons. The number of carbonyl (C=O) groups excluding carboxylic acids is 1. The Morgan fingerprint density at radius 2 is 2.11 bits per heavy atom. The normalized spacial score (nSPS) is 11.0. The van der Waals surface area contributed by atoms with Crippen molar-refractivity contribution in [3.63, 3.8) is 0 Å². The van der Waals surface area contributed by atoms with Crippen molar-refractivity contribution in [3.05, 3.63) is 44.6 Å². The number of hydrogen-bond acceptors (Lipinski definition) is 7. The molecule has 10 heteroatoms. The number of hydrogen-bond donors (Lipinski definition) is 3. The molecule has 0 atom stereocenters. The SMILES string of the molecule is CCCn1c(N)c(C(=O)CSc2nc3ccc(OC)cc3[nH]2)c(=O)[nH]c1=O. The van der Waals surface area contributed by atoms with E-state index in [2.05, 4.69) is 15.0 Å². The van der Waals surface area contributed by atoms with Crippen LogP contribution in [0.1, 0.15) is 23.7 Å². The summed E-state index contributed by atoms with van der Waals surface area (Å²) in [6, 6.07) is 5.40. The Bertz CT molecular complexity index is 1110. The molecule has 0 amide bonds. The molecule has 0 radical (unpaired) electrons. The van der Waals surface area contributed by atoms with Crippen molar-refractivity contribution in [2.75, 3.05) is 18.6 Å². The lowest BCUT2D eigenvalue weighted by Gasteiger charge is -2.10. The quantitative estimate of drug-likeness (QED) is 0.410. The third kappa shape index (κ3) is 3.75. The van der Waals surface area contributed by atoms with Crippen molar-refractivity contribution in [1.82, 2.24) is 19.5 Å². The van der Waals surface area contributed by atoms with Gasteiger partial charge in [-0.05, 0) is 18.6 Å². The molecule has 27 heavy (non-hydrogen) atoms. The van der Waals surface area contributed by atoms with E-state index in [0.29, 0.717) is 23.9 Å². The van der Waals surface area contributed by atoms with Crippen molar-refractivity contribution in [1.29, 1.82) is 0 Å². The Kier molecular flexibility index (Phi) is 5.36. The topological polar surface area (TPSA) is 136 Å². The highest BCUT2D eigenvalue weighted by Crippen LogP contribution is 2.23. The maximum absolute atomic E-state index is 12.5. The van der Waals surface area contributed by atoms with Crippen molar-refractivity contribution in [3.8, 4) is 5.75 Å². The van der Waals surface area contributed by atoms with E-state index in [4.69, 9.17) is 10.5 Å². The lowest BCUT2D eigenvalue weighted by molar-refractivity contribution is 0.102. The van der Waals surface area contributed by atoms with Crippen LogP contribution < -0.4 is 21.7 Å². The number of nitrogens with two attached hydrogens (primary N) is 1. The van der Waals surface area contributed by atoms with Crippen LogP contribution in [0.2, 0.25) is 0 Å². The largest absolute Gasteiger partial charge is 0.497 e. The first-order valence-corrected chi connectivity index (χ1v) is 9.25. The molecule has 0 bridgehead atoms. The number of aromatic amines is 2. The number of nitrogens with one attached hydrogen (secondary N) is 2. The molecular weight excluding hydrogens is 370 g/mol. The highest BCUT2D eigenvalue weighted by Gasteiger charge is 2.19. The Morgan fingerprint density at radius 3 is 2.81 bits per heavy atom. The molecule has 0 aliphatic rings. The van der Waals surface area contributed by atoms with E-state index in [0.717, 1.165) is 22.8 Å². The number of methoxy groups -OCH3 is 1. The van der Waals surface area contributed by atoms with Crippen LogP contribution in [0.4, 0.5) is 5.82 Å². The van der Waals surface area contributed by atoms with Crippen molar-refractivity contribution in [2.45, 2.75) is 25.0 Å². The van der Waals surface area contributed by atoms with Crippen LogP contribution in [0, 0.1) is 0 Å². The molecule has 9 nitrogen and oxygen atoms in total. The predicted molar refractivity (Wildman–Crippen MR) is 104 cm³/mol. The second-order valence-corrected chi connectivity index (χ2v) is 6.77. The van der Waals surface area contributed by atoms with Gasteiger partial charge in [-0.25, -0.2) is 9.78 Å². The van der Waals surface area contributed by atoms with Gasteiger partial charge in [0, 0.05) is 12.6 Å². The molecule has 0 saturated carbocycles. The van der Waals surface area contributed by atoms with Crippen molar-refractivity contribution < 1.29 is 9.53 Å². The minimum Gasteiger partial charge on any atom is -0.497 e. The summed E-state index contributed by atoms with van der Waals surface area (Å²) in [5.74, 6) is 0.0672. The molecule has 2 aromatic heterocycles. The number of Topliss-reactive ketones (excluding diaryl/α,β-unsaturated/α-hetero) is 1. The molecule has 0 saturated heterocycles. The van der Waals surface area contributed by atoms with E-state index < -0.39 is 17.0 Å². The fourth-order valence-corrected chi connectivity index (χ4v) is 3.43. The average Bonchev–Trinajstić information content (AvgIpc) is 3.05. The summed E-state index contributed by atoms with van der Waals surface area (Å²) >= 11 is 1.15. The minimum atomic E-state index is -0.773. The number of imidazole rings is 1. The van der Waals surface area contributed by atoms with Gasteiger partial charge in [-0.2, -0.15) is 0 Å². The minimum absolute atomic E-state index is 0.0471. The number of carbonyl (C=O) groups is 1. The van der Waals surface area contributed by atoms with E-state index in [1.807, 2.05) is 6.92 Å². The monoisotopic (exact) mass is 389 g/mol. The number of H-pyrrole nitrogens is 2. The summed E-state index contributed by atoms with van der Waals surface area (Å²) in [5, 5.41) is 0.531. The van der Waals surface area contributed by atoms with Gasteiger partial charge in [0.1, 0.15) is 17.1 Å². The number of ketones is 1. The van der Waals surface area contributed by atoms with E-state index in [-0.39, 0.29) is 17.1 Å². The van der Waals surface area contributed by atoms with E-state index >= 15 is 0 Å². The van der Waals surface area contributed by atoms with Gasteiger partial charge in [-0.1, -0.05) is 18.7 Å². The van der Waals surface area contributed by atoms with Gasteiger partial charge in [0.15, 0.2) is 10.9 Å². The second-order valence-electron chi connectivity index (χ2n) is 5.81. The summed E-state index contributed by atoms with van der Waals surface area (Å²) in [5.41, 5.74) is 5.83. The van der Waals surface area contributed by atoms with Gasteiger partial charge in [0.25, 0.3) is 5.56 Å². The number of nitrogen functional groups attached to an aromatic ring is 1. The van der Waals surface area contributed by atoms with Crippen LogP contribution >= 0.6 is 11.8 Å². The zero-order valence-corrected chi connectivity index (χ0v) is 15.7. The summed E-state index contributed by atoms with van der Waals surface area (Å²) in [6.07, 6.45) is 0.640. The van der Waals surface area contributed by atoms with Crippen LogP contribution in [0.15, 0.2) is 32.9 Å². The highest BCUT2D eigenvalue weighted by molar-refractivity contribution is 7.99. The standard InChI is InChI=1S/C17H19N5O4S/c1-3-6-22-14(18)13(15(24)21-17(22)25)12(23)8-27-16-19-10-5-4-9(26-2)7-11(10)20-16/h4-5,7H,3,6,8,18H2,1-2H3,(H,19,20)(H,21,24,25). The smallest absolute Gasteiger partial charge is 0.329 e. The fourth-order valence-electron chi connectivity index (χ4n) is 2.67. The van der Waals surface area contributed by atoms with Crippen molar-refractivity contribution >= 4 is 34.4 Å². The first kappa shape index (κ1) is 18.8. The number of fused-ring (bicyclic) bond motifs is 1. The molecule has 1 aromatic carbocycles. The van der Waals surface area contributed by atoms with E-state index in [1.54, 1.807) is 25.3 Å². The summed E-state index contributed by atoms with van der Waals surface area (Å²) in [7, 11) is 1.58. The van der Waals surface area contributed by atoms with Gasteiger partial charge in [0.2, 0.25) is 0 Å². The van der Waals surface area contributed by atoms with Gasteiger partial charge in [-0.3, -0.25) is 19.1 Å². The average molecular weight is 389 g/mol. The fraction of sp³-hybridized carbons (Fsp3) is 0.294. The molecule has 0 fully saturated rings. The molecule has 4 N–H and O–H groups in total. The molecule has 3 aromatic rings. The molecule has 0 aliphatic heterocycles. The number of rotatable bonds is 7. The summed E-state index contributed by atoms with van der Waals surface area (Å²) in [6.45, 7) is 2.19. The van der Waals surface area contributed by atoms with E-state index in [1.165, 1.54) is 4.57 Å². The van der Waals surface area contributed by atoms with Gasteiger partial charge in [0.05, 0.1) is 23.9 Å². The maximum atomic E-state index is 12.5. The third-order valence-electron chi connectivity index (χ3n) is 3.97. The maximum Gasteiger partial charge on any atom is 0.329 e. The number of benzene rings is 1. The number of ether oxygens (including phenoxy) is 1. The van der Waals surface area contributed by atoms with Gasteiger partial charge >= 0.3 is 5.69 Å². The molecule has 0 unspecified atom stereocenters. The third-order valence-corrected chi connectivity index (χ3v) is 4.85. The van der Waals surface area contributed by atoms with Gasteiger partial charge in [-0.15, -0.1) is 0 Å².